The van der Waals surface area contributed by atoms with Gasteiger partial charge in [0.15, 0.2) is 0 Å². The van der Waals surface area contributed by atoms with E-state index in [0.717, 1.165) is 0 Å². The summed E-state index contributed by atoms with van der Waals surface area (Å²) < 4.78 is 8.41. The molecular formula is C24H17N3O3. The number of carbonyl (C=O) groups is 1. The van der Waals surface area contributed by atoms with Gasteiger partial charge in [-0.05, 0) is 36.4 Å². The molecule has 0 bridgehead atoms. The molecule has 0 saturated carbocycles. The number of ether oxygens (including phenoxy) is 1. The fraction of sp³-hybridized carbons (Fsp3) is 0.0417. The lowest BCUT2D eigenvalue weighted by Crippen LogP contribution is -2.18. The van der Waals surface area contributed by atoms with E-state index in [0.29, 0.717) is 39.1 Å². The van der Waals surface area contributed by atoms with Gasteiger partial charge < -0.3 is 9.14 Å². The van der Waals surface area contributed by atoms with Crippen molar-refractivity contribution in [2.75, 3.05) is 7.11 Å². The van der Waals surface area contributed by atoms with E-state index in [-0.39, 0.29) is 11.3 Å². The topological polar surface area (TPSA) is 65.6 Å². The normalized spacial score (nSPS) is 11.1. The molecule has 0 aliphatic heterocycles. The van der Waals surface area contributed by atoms with Crippen LogP contribution in [0, 0.1) is 0 Å². The van der Waals surface area contributed by atoms with Crippen LogP contribution in [0.25, 0.3) is 22.1 Å². The van der Waals surface area contributed by atoms with Crippen molar-refractivity contribution < 1.29 is 9.53 Å². The van der Waals surface area contributed by atoms with Gasteiger partial charge in [-0.15, -0.1) is 0 Å². The number of nitrogens with zero attached hydrogens (tertiary/aromatic N) is 3. The molecule has 2 aromatic carbocycles. The summed E-state index contributed by atoms with van der Waals surface area (Å²) >= 11 is 0. The molecule has 6 heteroatoms. The molecule has 0 spiro atoms. The summed E-state index contributed by atoms with van der Waals surface area (Å²) in [5.74, 6) is 0.520. The Balaban J connectivity index is 1.79. The van der Waals surface area contributed by atoms with E-state index in [1.165, 1.54) is 10.9 Å². The van der Waals surface area contributed by atoms with Gasteiger partial charge in [0.25, 0.3) is 5.56 Å². The molecule has 5 aromatic rings. The van der Waals surface area contributed by atoms with E-state index in [1.807, 2.05) is 36.4 Å². The highest BCUT2D eigenvalue weighted by atomic mass is 16.5. The molecule has 0 amide bonds. The highest BCUT2D eigenvalue weighted by Crippen LogP contribution is 2.25. The number of methoxy groups -OCH3 is 1. The standard InChI is InChI=1S/C24H17N3O3/c1-30-18-12-10-17(11-13-18)27-15-25-21-20(24(27)29)19-9-5-6-14-26(19)22(21)23(28)16-7-3-2-4-8-16/h2-15H,1H3. The van der Waals surface area contributed by atoms with E-state index in [1.54, 1.807) is 54.1 Å². The van der Waals surface area contributed by atoms with Gasteiger partial charge in [-0.1, -0.05) is 36.4 Å². The third-order valence-corrected chi connectivity index (χ3v) is 5.15. The van der Waals surface area contributed by atoms with Crippen molar-refractivity contribution in [1.29, 1.82) is 0 Å². The van der Waals surface area contributed by atoms with Crippen LogP contribution in [0.4, 0.5) is 0 Å². The lowest BCUT2D eigenvalue weighted by Gasteiger charge is -2.07. The minimum Gasteiger partial charge on any atom is -0.497 e. The van der Waals surface area contributed by atoms with E-state index in [4.69, 9.17) is 4.74 Å². The second-order valence-corrected chi connectivity index (χ2v) is 6.84. The molecule has 3 aromatic heterocycles. The maximum Gasteiger partial charge on any atom is 0.267 e. The van der Waals surface area contributed by atoms with Gasteiger partial charge in [-0.2, -0.15) is 0 Å². The first-order valence-corrected chi connectivity index (χ1v) is 9.43. The van der Waals surface area contributed by atoms with Gasteiger partial charge in [-0.3, -0.25) is 14.2 Å². The number of benzene rings is 2. The zero-order valence-electron chi connectivity index (χ0n) is 16.1. The average Bonchev–Trinajstić information content (AvgIpc) is 3.14. The average molecular weight is 395 g/mol. The number of aromatic nitrogens is 3. The van der Waals surface area contributed by atoms with Crippen LogP contribution in [0.1, 0.15) is 16.1 Å². The van der Waals surface area contributed by atoms with E-state index >= 15 is 0 Å². The van der Waals surface area contributed by atoms with Gasteiger partial charge in [0.05, 0.1) is 23.7 Å². The Kier molecular flexibility index (Phi) is 4.17. The van der Waals surface area contributed by atoms with Crippen LogP contribution in [-0.2, 0) is 0 Å². The Hall–Kier alpha value is -4.19. The molecule has 0 aliphatic carbocycles. The first-order chi connectivity index (χ1) is 14.7. The molecule has 5 rings (SSSR count). The lowest BCUT2D eigenvalue weighted by molar-refractivity contribution is 0.103. The molecule has 6 nitrogen and oxygen atoms in total. The van der Waals surface area contributed by atoms with Crippen LogP contribution >= 0.6 is 0 Å². The number of hydrogen-bond donors (Lipinski definition) is 0. The molecular weight excluding hydrogens is 378 g/mol. The predicted molar refractivity (Wildman–Crippen MR) is 115 cm³/mol. The largest absolute Gasteiger partial charge is 0.497 e. The van der Waals surface area contributed by atoms with Crippen LogP contribution in [-0.4, -0.2) is 26.8 Å². The van der Waals surface area contributed by atoms with Crippen molar-refractivity contribution in [3.8, 4) is 11.4 Å². The zero-order chi connectivity index (χ0) is 20.7. The fourth-order valence-electron chi connectivity index (χ4n) is 3.69. The summed E-state index contributed by atoms with van der Waals surface area (Å²) in [6.45, 7) is 0. The molecule has 0 aliphatic rings. The molecule has 146 valence electrons. The summed E-state index contributed by atoms with van der Waals surface area (Å²) in [6.07, 6.45) is 3.25. The molecule has 0 unspecified atom stereocenters. The molecule has 0 radical (unpaired) electrons. The molecule has 30 heavy (non-hydrogen) atoms. The SMILES string of the molecule is COc1ccc(-n2cnc3c(C(=O)c4ccccc4)n4ccccc4c3c2=O)cc1. The number of carbonyl (C=O) groups excluding carboxylic acids is 1. The van der Waals surface area contributed by atoms with Gasteiger partial charge >= 0.3 is 0 Å². The van der Waals surface area contributed by atoms with Crippen molar-refractivity contribution in [3.05, 3.63) is 107 Å². The highest BCUT2D eigenvalue weighted by molar-refractivity contribution is 6.17. The Morgan fingerprint density at radius 3 is 2.40 bits per heavy atom. The van der Waals surface area contributed by atoms with Gasteiger partial charge in [0, 0.05) is 11.8 Å². The molecule has 3 heterocycles. The van der Waals surface area contributed by atoms with E-state index in [2.05, 4.69) is 4.98 Å². The number of pyridine rings is 1. The second kappa shape index (κ2) is 7.00. The van der Waals surface area contributed by atoms with Crippen LogP contribution in [0.15, 0.2) is 90.1 Å². The Morgan fingerprint density at radius 2 is 1.67 bits per heavy atom. The number of fused-ring (bicyclic) bond motifs is 3. The molecule has 0 saturated heterocycles. The van der Waals surface area contributed by atoms with Gasteiger partial charge in [0.2, 0.25) is 5.78 Å². The van der Waals surface area contributed by atoms with Crippen LogP contribution < -0.4 is 10.3 Å². The summed E-state index contributed by atoms with van der Waals surface area (Å²) in [7, 11) is 1.59. The van der Waals surface area contributed by atoms with Crippen molar-refractivity contribution in [2.45, 2.75) is 0 Å². The minimum absolute atomic E-state index is 0.180. The number of hydrogen-bond acceptors (Lipinski definition) is 4. The van der Waals surface area contributed by atoms with Crippen molar-refractivity contribution in [2.24, 2.45) is 0 Å². The molecule has 0 atom stereocenters. The smallest absolute Gasteiger partial charge is 0.267 e. The third-order valence-electron chi connectivity index (χ3n) is 5.15. The fourth-order valence-corrected chi connectivity index (χ4v) is 3.69. The quantitative estimate of drug-likeness (QED) is 0.433. The van der Waals surface area contributed by atoms with Crippen molar-refractivity contribution in [1.82, 2.24) is 14.0 Å². The van der Waals surface area contributed by atoms with Crippen LogP contribution in [0.5, 0.6) is 5.75 Å². The Labute approximate surface area is 171 Å². The summed E-state index contributed by atoms with van der Waals surface area (Å²) in [4.78, 5) is 31.3. The summed E-state index contributed by atoms with van der Waals surface area (Å²) in [6, 6.07) is 21.7. The number of ketones is 1. The summed E-state index contributed by atoms with van der Waals surface area (Å²) in [5, 5.41) is 0.410. The maximum absolute atomic E-state index is 13.4. The first kappa shape index (κ1) is 17.9. The molecule has 0 fully saturated rings. The number of rotatable bonds is 4. The van der Waals surface area contributed by atoms with Gasteiger partial charge in [0.1, 0.15) is 23.3 Å². The van der Waals surface area contributed by atoms with Crippen LogP contribution in [0.2, 0.25) is 0 Å². The lowest BCUT2D eigenvalue weighted by atomic mass is 10.1. The monoisotopic (exact) mass is 395 g/mol. The van der Waals surface area contributed by atoms with Crippen molar-refractivity contribution in [3.63, 3.8) is 0 Å². The predicted octanol–water partition coefficient (Wildman–Crippen LogP) is 3.88. The van der Waals surface area contributed by atoms with Crippen LogP contribution in [0.3, 0.4) is 0 Å². The van der Waals surface area contributed by atoms with E-state index in [9.17, 15) is 9.59 Å². The van der Waals surface area contributed by atoms with Gasteiger partial charge in [-0.25, -0.2) is 4.98 Å². The third kappa shape index (κ3) is 2.69. The minimum atomic E-state index is -0.235. The zero-order valence-corrected chi connectivity index (χ0v) is 16.1. The Bertz CT molecular complexity index is 1450. The van der Waals surface area contributed by atoms with Crippen molar-refractivity contribution >= 4 is 22.2 Å². The molecule has 0 N–H and O–H groups in total. The van der Waals surface area contributed by atoms with E-state index < -0.39 is 0 Å². The second-order valence-electron chi connectivity index (χ2n) is 6.84. The highest BCUT2D eigenvalue weighted by Gasteiger charge is 2.23. The Morgan fingerprint density at radius 1 is 0.933 bits per heavy atom. The first-order valence-electron chi connectivity index (χ1n) is 9.43. The maximum atomic E-state index is 13.4. The summed E-state index contributed by atoms with van der Waals surface area (Å²) in [5.41, 5.74) is 2.40.